The van der Waals surface area contributed by atoms with E-state index in [2.05, 4.69) is 34.3 Å². The quantitative estimate of drug-likeness (QED) is 0.448. The summed E-state index contributed by atoms with van der Waals surface area (Å²) in [5.74, 6) is 1.57. The van der Waals surface area contributed by atoms with E-state index in [4.69, 9.17) is 0 Å². The van der Waals surface area contributed by atoms with Crippen molar-refractivity contribution in [2.45, 2.75) is 94.2 Å². The van der Waals surface area contributed by atoms with E-state index in [1.54, 1.807) is 25.7 Å². The molecule has 5 heteroatoms. The fourth-order valence-electron chi connectivity index (χ4n) is 5.65. The summed E-state index contributed by atoms with van der Waals surface area (Å²) in [5.41, 5.74) is 2.12. The monoisotopic (exact) mass is 438 g/mol. The molecule has 0 amide bonds. The van der Waals surface area contributed by atoms with Gasteiger partial charge >= 0.3 is 0 Å². The van der Waals surface area contributed by atoms with E-state index in [0.29, 0.717) is 5.92 Å². The van der Waals surface area contributed by atoms with Crippen molar-refractivity contribution < 1.29 is 0 Å². The van der Waals surface area contributed by atoms with Crippen LogP contribution in [-0.2, 0) is 0 Å². The summed E-state index contributed by atoms with van der Waals surface area (Å²) >= 11 is 0. The lowest BCUT2D eigenvalue weighted by Crippen LogP contribution is -2.38. The Kier molecular flexibility index (Phi) is 9.32. The molecule has 28 heavy (non-hydrogen) atoms. The lowest BCUT2D eigenvalue weighted by atomic mass is 10.00. The summed E-state index contributed by atoms with van der Waals surface area (Å²) in [6, 6.07) is 0. The largest absolute Gasteiger partial charge is 0.309 e. The molecule has 1 heterocycles. The van der Waals surface area contributed by atoms with Gasteiger partial charge in [-0.2, -0.15) is 0 Å². The van der Waals surface area contributed by atoms with Crippen LogP contribution in [0.4, 0.5) is 0 Å². The van der Waals surface area contributed by atoms with Crippen LogP contribution < -0.4 is 5.32 Å². The molecular formula is C23H41N2P3. The van der Waals surface area contributed by atoms with Gasteiger partial charge in [-0.25, -0.2) is 0 Å². The van der Waals surface area contributed by atoms with Crippen LogP contribution in [0, 0.1) is 5.92 Å². The molecule has 1 N–H and O–H groups in total. The predicted molar refractivity (Wildman–Crippen MR) is 132 cm³/mol. The highest BCUT2D eigenvalue weighted by Gasteiger charge is 2.38. The summed E-state index contributed by atoms with van der Waals surface area (Å²) in [5, 5.41) is 3.74. The second kappa shape index (κ2) is 11.9. The highest BCUT2D eigenvalue weighted by Crippen LogP contribution is 2.61. The number of nitrogens with zero attached hydrogens (tertiary/aromatic N) is 1. The Labute approximate surface area is 178 Å². The van der Waals surface area contributed by atoms with Gasteiger partial charge in [-0.1, -0.05) is 80.0 Å². The molecule has 3 unspecified atom stereocenters. The molecule has 2 saturated carbocycles. The molecule has 2 nitrogen and oxygen atoms in total. The third kappa shape index (κ3) is 6.11. The van der Waals surface area contributed by atoms with Gasteiger partial charge in [0.15, 0.2) is 0 Å². The molecule has 0 aromatic rings. The Balaban J connectivity index is 1.51. The molecule has 0 spiro atoms. The molecule has 0 aromatic heterocycles. The average Bonchev–Trinajstić information content (AvgIpc) is 3.25. The Morgan fingerprint density at radius 3 is 2.11 bits per heavy atom. The lowest BCUT2D eigenvalue weighted by molar-refractivity contribution is 0.404. The first-order chi connectivity index (χ1) is 13.9. The highest BCUT2D eigenvalue weighted by molar-refractivity contribution is 7.58. The predicted octanol–water partition coefficient (Wildman–Crippen LogP) is 7.03. The van der Waals surface area contributed by atoms with Gasteiger partial charge in [-0.05, 0) is 63.8 Å². The van der Waals surface area contributed by atoms with Gasteiger partial charge in [0.05, 0.1) is 0 Å². The van der Waals surface area contributed by atoms with Crippen molar-refractivity contribution in [1.29, 1.82) is 0 Å². The smallest absolute Gasteiger partial charge is 0.0321 e. The maximum atomic E-state index is 3.74. The van der Waals surface area contributed by atoms with E-state index in [9.17, 15) is 0 Å². The standard InChI is InChI=1S/C23H41N2P3/c1-3-11-21(12-4-1)28(22-13-5-2-6-14-22)25-19-26-17-24-18-27-23(25)16-15-20-9-7-8-10-20/h7-10,20-24,26-27H,1-6,11-19H2. The Morgan fingerprint density at radius 1 is 0.821 bits per heavy atom. The molecule has 3 fully saturated rings. The van der Waals surface area contributed by atoms with Crippen LogP contribution in [-0.4, -0.2) is 40.6 Å². The van der Waals surface area contributed by atoms with E-state index in [1.807, 2.05) is 0 Å². The highest BCUT2D eigenvalue weighted by atomic mass is 31.1. The van der Waals surface area contributed by atoms with Crippen molar-refractivity contribution in [2.24, 2.45) is 5.92 Å². The zero-order valence-electron chi connectivity index (χ0n) is 17.6. The summed E-state index contributed by atoms with van der Waals surface area (Å²) in [4.78, 5) is 0. The molecule has 4 aliphatic rings. The van der Waals surface area contributed by atoms with E-state index in [1.165, 1.54) is 70.2 Å². The Morgan fingerprint density at radius 2 is 1.46 bits per heavy atom. The van der Waals surface area contributed by atoms with E-state index >= 15 is 0 Å². The van der Waals surface area contributed by atoms with Crippen LogP contribution in [0.5, 0.6) is 0 Å². The minimum atomic E-state index is 0.0764. The molecule has 3 atom stereocenters. The number of hydrogen-bond acceptors (Lipinski definition) is 2. The van der Waals surface area contributed by atoms with Gasteiger partial charge in [0.25, 0.3) is 0 Å². The van der Waals surface area contributed by atoms with Gasteiger partial charge in [0, 0.05) is 24.6 Å². The molecule has 1 saturated heterocycles. The number of nitrogens with one attached hydrogen (secondary N) is 1. The first-order valence-corrected chi connectivity index (χ1v) is 16.1. The lowest BCUT2D eigenvalue weighted by Gasteiger charge is -2.48. The molecule has 0 radical (unpaired) electrons. The maximum Gasteiger partial charge on any atom is 0.0321 e. The fraction of sp³-hybridized carbons (Fsp3) is 0.826. The molecule has 0 aromatic carbocycles. The maximum absolute atomic E-state index is 3.74. The first kappa shape index (κ1) is 21.9. The van der Waals surface area contributed by atoms with Crippen LogP contribution in [0.25, 0.3) is 0 Å². The SMILES string of the molecule is C1=CC(CCC2PCNCPCN2P(C2CCCCC2)C2CCCCC2)C=C1. The molecule has 3 aliphatic carbocycles. The third-order valence-corrected chi connectivity index (χ3v) is 13.8. The van der Waals surface area contributed by atoms with Crippen molar-refractivity contribution in [3.05, 3.63) is 24.3 Å². The second-order valence-electron chi connectivity index (χ2n) is 9.15. The van der Waals surface area contributed by atoms with Gasteiger partial charge in [-0.15, -0.1) is 0 Å². The van der Waals surface area contributed by atoms with Crippen molar-refractivity contribution in [2.75, 3.05) is 18.9 Å². The molecular weight excluding hydrogens is 397 g/mol. The summed E-state index contributed by atoms with van der Waals surface area (Å²) < 4.78 is 3.20. The van der Waals surface area contributed by atoms with Gasteiger partial charge < -0.3 is 5.32 Å². The van der Waals surface area contributed by atoms with Crippen molar-refractivity contribution in [3.63, 3.8) is 0 Å². The normalized spacial score (nSPS) is 31.1. The van der Waals surface area contributed by atoms with Crippen LogP contribution in [0.15, 0.2) is 24.3 Å². The van der Waals surface area contributed by atoms with E-state index in [-0.39, 0.29) is 8.07 Å². The zero-order chi connectivity index (χ0) is 19.0. The minimum absolute atomic E-state index is 0.0764. The first-order valence-electron chi connectivity index (χ1n) is 12.0. The topological polar surface area (TPSA) is 15.3 Å². The summed E-state index contributed by atoms with van der Waals surface area (Å²) in [6.07, 6.45) is 31.3. The van der Waals surface area contributed by atoms with Crippen molar-refractivity contribution >= 4 is 25.2 Å². The minimum Gasteiger partial charge on any atom is -0.309 e. The van der Waals surface area contributed by atoms with E-state index in [0.717, 1.165) is 34.3 Å². The molecule has 4 rings (SSSR count). The van der Waals surface area contributed by atoms with Gasteiger partial charge in [0.1, 0.15) is 0 Å². The molecule has 0 bridgehead atoms. The van der Waals surface area contributed by atoms with Crippen LogP contribution in [0.1, 0.15) is 77.0 Å². The average molecular weight is 439 g/mol. The second-order valence-corrected chi connectivity index (χ2v) is 14.5. The third-order valence-electron chi connectivity index (χ3n) is 7.14. The molecule has 1 aliphatic heterocycles. The van der Waals surface area contributed by atoms with Gasteiger partial charge in [0.2, 0.25) is 0 Å². The molecule has 158 valence electrons. The zero-order valence-corrected chi connectivity index (χ0v) is 20.5. The van der Waals surface area contributed by atoms with Gasteiger partial charge in [-0.3, -0.25) is 4.67 Å². The van der Waals surface area contributed by atoms with Crippen molar-refractivity contribution in [3.8, 4) is 0 Å². The summed E-state index contributed by atoms with van der Waals surface area (Å²) in [7, 11) is 2.27. The van der Waals surface area contributed by atoms with Crippen LogP contribution >= 0.6 is 25.2 Å². The Hall–Kier alpha value is 0.690. The summed E-state index contributed by atoms with van der Waals surface area (Å²) in [6.45, 7) is 0. The van der Waals surface area contributed by atoms with Crippen molar-refractivity contribution in [1.82, 2.24) is 9.99 Å². The van der Waals surface area contributed by atoms with Crippen LogP contribution in [0.3, 0.4) is 0 Å². The number of rotatable bonds is 6. The fourth-order valence-corrected chi connectivity index (χ4v) is 13.4. The Bertz CT molecular complexity index is 482. The number of allylic oxidation sites excluding steroid dienone is 4. The van der Waals surface area contributed by atoms with E-state index < -0.39 is 0 Å². The van der Waals surface area contributed by atoms with Crippen LogP contribution in [0.2, 0.25) is 0 Å². The number of hydrogen-bond donors (Lipinski definition) is 1.